The molecule has 1 N–H and O–H groups in total. The predicted octanol–water partition coefficient (Wildman–Crippen LogP) is 3.27. The lowest BCUT2D eigenvalue weighted by Gasteiger charge is -2.34. The molecule has 0 atom stereocenters. The van der Waals surface area contributed by atoms with Gasteiger partial charge in [-0.1, -0.05) is 24.3 Å². The molecule has 1 aliphatic rings. The molecule has 6 nitrogen and oxygen atoms in total. The number of nitrogens with zero attached hydrogens (tertiary/aromatic N) is 2. The van der Waals surface area contributed by atoms with E-state index in [0.29, 0.717) is 0 Å². The molecule has 1 heterocycles. The zero-order valence-corrected chi connectivity index (χ0v) is 18.1. The van der Waals surface area contributed by atoms with Crippen molar-refractivity contribution in [2.24, 2.45) is 0 Å². The highest BCUT2D eigenvalue weighted by atomic mass is 32.2. The summed E-state index contributed by atoms with van der Waals surface area (Å²) >= 11 is 0. The number of amides is 1. The van der Waals surface area contributed by atoms with Gasteiger partial charge in [-0.25, -0.2) is 8.42 Å². The lowest BCUT2D eigenvalue weighted by molar-refractivity contribution is -0.140. The highest BCUT2D eigenvalue weighted by molar-refractivity contribution is 7.89. The van der Waals surface area contributed by atoms with Crippen LogP contribution in [0.25, 0.3) is 0 Å². The van der Waals surface area contributed by atoms with Gasteiger partial charge in [0.15, 0.2) is 0 Å². The Labute approximate surface area is 179 Å². The smallest absolute Gasteiger partial charge is 0.325 e. The highest BCUT2D eigenvalue weighted by Crippen LogP contribution is 2.35. The van der Waals surface area contributed by atoms with Gasteiger partial charge in [0.25, 0.3) is 0 Å². The molecular weight excluding hydrogens is 431 g/mol. The van der Waals surface area contributed by atoms with Gasteiger partial charge in [0.05, 0.1) is 17.0 Å². The highest BCUT2D eigenvalue weighted by Gasteiger charge is 2.39. The third kappa shape index (κ3) is 5.44. The molecular formula is C21H24F3N3O3S. The molecule has 0 bridgehead atoms. The van der Waals surface area contributed by atoms with Gasteiger partial charge in [0.2, 0.25) is 15.9 Å². The van der Waals surface area contributed by atoms with Crippen LogP contribution >= 0.6 is 0 Å². The molecule has 1 amide bonds. The number of nitrogens with one attached hydrogen (secondary N) is 1. The fraction of sp³-hybridized carbons (Fsp3) is 0.381. The van der Waals surface area contributed by atoms with Gasteiger partial charge in [-0.2, -0.15) is 17.5 Å². The van der Waals surface area contributed by atoms with Gasteiger partial charge in [-0.3, -0.25) is 9.69 Å². The molecule has 168 valence electrons. The summed E-state index contributed by atoms with van der Waals surface area (Å²) < 4.78 is 66.4. The maximum absolute atomic E-state index is 13.2. The van der Waals surface area contributed by atoms with E-state index in [2.05, 4.69) is 5.32 Å². The van der Waals surface area contributed by atoms with Crippen molar-refractivity contribution in [1.82, 2.24) is 9.21 Å². The van der Waals surface area contributed by atoms with E-state index >= 15 is 0 Å². The van der Waals surface area contributed by atoms with E-state index < -0.39 is 26.7 Å². The minimum atomic E-state index is -4.77. The first kappa shape index (κ1) is 23.2. The van der Waals surface area contributed by atoms with Crippen LogP contribution in [-0.2, 0) is 21.0 Å². The molecule has 1 fully saturated rings. The van der Waals surface area contributed by atoms with E-state index in [1.807, 2.05) is 32.0 Å². The van der Waals surface area contributed by atoms with Gasteiger partial charge in [-0.05, 0) is 43.2 Å². The van der Waals surface area contributed by atoms with Crippen LogP contribution in [0.2, 0.25) is 0 Å². The Morgan fingerprint density at radius 2 is 1.68 bits per heavy atom. The number of alkyl halides is 3. The van der Waals surface area contributed by atoms with Crippen LogP contribution in [-0.4, -0.2) is 56.3 Å². The number of benzene rings is 2. The Bertz CT molecular complexity index is 1060. The first-order chi connectivity index (χ1) is 14.5. The van der Waals surface area contributed by atoms with Crippen molar-refractivity contribution in [3.8, 4) is 0 Å². The standard InChI is InChI=1S/C21H24F3N3O3S/c1-15-7-8-16(2)18(13-15)25-20(28)14-26-9-11-27(12-10-26)31(29,30)19-6-4-3-5-17(19)21(22,23)24/h3-8,13H,9-12,14H2,1-2H3,(H,25,28). The number of hydrogen-bond donors (Lipinski definition) is 1. The van der Waals surface area contributed by atoms with Crippen LogP contribution < -0.4 is 5.32 Å². The Balaban J connectivity index is 1.63. The number of carbonyl (C=O) groups is 1. The van der Waals surface area contributed by atoms with Crippen LogP contribution in [0.5, 0.6) is 0 Å². The molecule has 0 aliphatic carbocycles. The summed E-state index contributed by atoms with van der Waals surface area (Å²) in [5.41, 5.74) is 1.48. The van der Waals surface area contributed by atoms with Gasteiger partial charge < -0.3 is 5.32 Å². The fourth-order valence-corrected chi connectivity index (χ4v) is 5.09. The van der Waals surface area contributed by atoms with Crippen molar-refractivity contribution in [3.63, 3.8) is 0 Å². The maximum atomic E-state index is 13.2. The number of sulfonamides is 1. The Morgan fingerprint density at radius 1 is 1.03 bits per heavy atom. The summed E-state index contributed by atoms with van der Waals surface area (Å²) in [5, 5.41) is 2.85. The summed E-state index contributed by atoms with van der Waals surface area (Å²) in [7, 11) is -4.30. The molecule has 0 radical (unpaired) electrons. The van der Waals surface area contributed by atoms with Gasteiger partial charge in [0.1, 0.15) is 0 Å². The minimum absolute atomic E-state index is 0.00524. The van der Waals surface area contributed by atoms with Crippen molar-refractivity contribution >= 4 is 21.6 Å². The summed E-state index contributed by atoms with van der Waals surface area (Å²) in [4.78, 5) is 13.4. The van der Waals surface area contributed by atoms with Crippen LogP contribution in [0.3, 0.4) is 0 Å². The van der Waals surface area contributed by atoms with Crippen molar-refractivity contribution < 1.29 is 26.4 Å². The quantitative estimate of drug-likeness (QED) is 0.752. The topological polar surface area (TPSA) is 69.7 Å². The number of aryl methyl sites for hydroxylation is 2. The normalized spacial score (nSPS) is 16.3. The Morgan fingerprint density at radius 3 is 2.32 bits per heavy atom. The van der Waals surface area contributed by atoms with Crippen LogP contribution in [0.4, 0.5) is 18.9 Å². The predicted molar refractivity (Wildman–Crippen MR) is 111 cm³/mol. The number of rotatable bonds is 5. The van der Waals surface area contributed by atoms with E-state index in [1.165, 1.54) is 6.07 Å². The van der Waals surface area contributed by atoms with Gasteiger partial charge in [0, 0.05) is 31.9 Å². The zero-order chi connectivity index (χ0) is 22.8. The van der Waals surface area contributed by atoms with Gasteiger partial charge in [-0.15, -0.1) is 0 Å². The summed E-state index contributed by atoms with van der Waals surface area (Å²) in [6, 6.07) is 9.90. The summed E-state index contributed by atoms with van der Waals surface area (Å²) in [6.45, 7) is 4.38. The van der Waals surface area contributed by atoms with Crippen molar-refractivity contribution in [2.45, 2.75) is 24.9 Å². The number of piperazine rings is 1. The first-order valence-electron chi connectivity index (χ1n) is 9.74. The second kappa shape index (κ2) is 8.97. The van der Waals surface area contributed by atoms with E-state index in [4.69, 9.17) is 0 Å². The lowest BCUT2D eigenvalue weighted by Crippen LogP contribution is -2.50. The fourth-order valence-electron chi connectivity index (χ4n) is 3.46. The van der Waals surface area contributed by atoms with E-state index in [1.54, 1.807) is 4.90 Å². The molecule has 0 aromatic heterocycles. The molecule has 1 aliphatic heterocycles. The summed E-state index contributed by atoms with van der Waals surface area (Å²) in [5.74, 6) is -0.229. The molecule has 3 rings (SSSR count). The lowest BCUT2D eigenvalue weighted by atomic mass is 10.1. The molecule has 10 heteroatoms. The number of carbonyl (C=O) groups excluding carboxylic acids is 1. The average Bonchev–Trinajstić information content (AvgIpc) is 2.70. The monoisotopic (exact) mass is 455 g/mol. The zero-order valence-electron chi connectivity index (χ0n) is 17.2. The van der Waals surface area contributed by atoms with Crippen LogP contribution in [0.1, 0.15) is 16.7 Å². The number of halogens is 3. The van der Waals surface area contributed by atoms with E-state index in [0.717, 1.165) is 39.3 Å². The van der Waals surface area contributed by atoms with Crippen molar-refractivity contribution in [3.05, 3.63) is 59.2 Å². The summed E-state index contributed by atoms with van der Waals surface area (Å²) in [6.07, 6.45) is -4.77. The average molecular weight is 456 g/mol. The molecule has 1 saturated heterocycles. The Kier molecular flexibility index (Phi) is 6.73. The van der Waals surface area contributed by atoms with Crippen LogP contribution in [0, 0.1) is 13.8 Å². The molecule has 0 unspecified atom stereocenters. The number of anilines is 1. The minimum Gasteiger partial charge on any atom is -0.325 e. The largest absolute Gasteiger partial charge is 0.417 e. The van der Waals surface area contributed by atoms with Crippen molar-refractivity contribution in [2.75, 3.05) is 38.0 Å². The second-order valence-electron chi connectivity index (χ2n) is 7.54. The molecule has 2 aromatic rings. The molecule has 31 heavy (non-hydrogen) atoms. The molecule has 0 spiro atoms. The Hall–Kier alpha value is -2.43. The van der Waals surface area contributed by atoms with E-state index in [9.17, 15) is 26.4 Å². The number of hydrogen-bond acceptors (Lipinski definition) is 4. The van der Waals surface area contributed by atoms with E-state index in [-0.39, 0.29) is 38.6 Å². The second-order valence-corrected chi connectivity index (χ2v) is 9.45. The van der Waals surface area contributed by atoms with Crippen LogP contribution in [0.15, 0.2) is 47.4 Å². The third-order valence-corrected chi connectivity index (χ3v) is 7.13. The first-order valence-corrected chi connectivity index (χ1v) is 11.2. The third-order valence-electron chi connectivity index (χ3n) is 5.18. The SMILES string of the molecule is Cc1ccc(C)c(NC(=O)CN2CCN(S(=O)(=O)c3ccccc3C(F)(F)F)CC2)c1. The maximum Gasteiger partial charge on any atom is 0.417 e. The molecule has 2 aromatic carbocycles. The van der Waals surface area contributed by atoms with Crippen molar-refractivity contribution in [1.29, 1.82) is 0 Å². The van der Waals surface area contributed by atoms with Gasteiger partial charge >= 0.3 is 6.18 Å². The molecule has 0 saturated carbocycles.